The van der Waals surface area contributed by atoms with Gasteiger partial charge in [0, 0.05) is 42.9 Å². The van der Waals surface area contributed by atoms with Crippen molar-refractivity contribution >= 4 is 33.2 Å². The fourth-order valence-electron chi connectivity index (χ4n) is 4.53. The van der Waals surface area contributed by atoms with Gasteiger partial charge in [-0.15, -0.1) is 11.3 Å². The van der Waals surface area contributed by atoms with Gasteiger partial charge < -0.3 is 10.2 Å². The quantitative estimate of drug-likeness (QED) is 0.488. The highest BCUT2D eigenvalue weighted by atomic mass is 32.1. The minimum absolute atomic E-state index is 0.0137. The zero-order valence-electron chi connectivity index (χ0n) is 18.4. The normalized spacial score (nSPS) is 16.2. The minimum Gasteiger partial charge on any atom is -0.354 e. The van der Waals surface area contributed by atoms with Gasteiger partial charge in [0.15, 0.2) is 5.82 Å². The van der Waals surface area contributed by atoms with Gasteiger partial charge in [-0.05, 0) is 60.9 Å². The largest absolute Gasteiger partial charge is 0.354 e. The topological polar surface area (TPSA) is 80.1 Å². The van der Waals surface area contributed by atoms with Gasteiger partial charge in [0.05, 0.1) is 10.4 Å². The minimum atomic E-state index is -0.0710. The predicted molar refractivity (Wildman–Crippen MR) is 129 cm³/mol. The molecule has 4 aromatic rings. The molecule has 3 aromatic heterocycles. The number of hydrogen-bond acceptors (Lipinski definition) is 5. The van der Waals surface area contributed by atoms with E-state index in [4.69, 9.17) is 0 Å². The van der Waals surface area contributed by atoms with Gasteiger partial charge in [-0.1, -0.05) is 18.2 Å². The van der Waals surface area contributed by atoms with Gasteiger partial charge >= 0.3 is 0 Å². The highest BCUT2D eigenvalue weighted by Crippen LogP contribution is 2.34. The van der Waals surface area contributed by atoms with Crippen molar-refractivity contribution in [3.63, 3.8) is 0 Å². The lowest BCUT2D eigenvalue weighted by Gasteiger charge is -2.36. The maximum absolute atomic E-state index is 13.5. The van der Waals surface area contributed by atoms with Gasteiger partial charge in [-0.25, -0.2) is 9.67 Å². The van der Waals surface area contributed by atoms with Crippen molar-refractivity contribution < 1.29 is 9.59 Å². The molecule has 0 saturated carbocycles. The Kier molecular flexibility index (Phi) is 5.92. The number of piperidine rings is 1. The van der Waals surface area contributed by atoms with Crippen LogP contribution in [0.2, 0.25) is 0 Å². The lowest BCUT2D eigenvalue weighted by Crippen LogP contribution is -2.45. The first-order chi connectivity index (χ1) is 16.2. The maximum atomic E-state index is 13.5. The third-order valence-electron chi connectivity index (χ3n) is 6.19. The second kappa shape index (κ2) is 9.15. The van der Waals surface area contributed by atoms with E-state index in [-0.39, 0.29) is 17.9 Å². The first kappa shape index (κ1) is 21.3. The molecule has 8 heteroatoms. The Morgan fingerprint density at radius 3 is 2.79 bits per heavy atom. The van der Waals surface area contributed by atoms with Crippen LogP contribution in [0.25, 0.3) is 15.9 Å². The molecule has 5 rings (SSSR count). The van der Waals surface area contributed by atoms with E-state index < -0.39 is 0 Å². The van der Waals surface area contributed by atoms with E-state index in [2.05, 4.69) is 21.5 Å². The van der Waals surface area contributed by atoms with Crippen LogP contribution in [0, 0.1) is 0 Å². The molecule has 0 spiro atoms. The SMILES string of the molecule is CNC(=O)c1sc2ccccc2c1C[C@H]1CCCCN1C(=O)c1ccc(-n2cccn2)nc1. The van der Waals surface area contributed by atoms with E-state index in [1.807, 2.05) is 47.5 Å². The van der Waals surface area contributed by atoms with Crippen molar-refractivity contribution in [3.05, 3.63) is 77.1 Å². The van der Waals surface area contributed by atoms with E-state index in [9.17, 15) is 9.59 Å². The molecule has 7 nitrogen and oxygen atoms in total. The number of thiophene rings is 1. The van der Waals surface area contributed by atoms with E-state index in [0.717, 1.165) is 39.8 Å². The van der Waals surface area contributed by atoms with Crippen molar-refractivity contribution in [2.24, 2.45) is 0 Å². The van der Waals surface area contributed by atoms with Crippen molar-refractivity contribution in [2.45, 2.75) is 31.7 Å². The molecule has 0 bridgehead atoms. The van der Waals surface area contributed by atoms with Gasteiger partial charge in [-0.3, -0.25) is 9.59 Å². The van der Waals surface area contributed by atoms with Crippen molar-refractivity contribution in [3.8, 4) is 5.82 Å². The number of hydrogen-bond donors (Lipinski definition) is 1. The summed E-state index contributed by atoms with van der Waals surface area (Å²) in [4.78, 5) is 33.2. The van der Waals surface area contributed by atoms with Crippen LogP contribution in [0.4, 0.5) is 0 Å². The predicted octanol–water partition coefficient (Wildman–Crippen LogP) is 4.08. The lowest BCUT2D eigenvalue weighted by atomic mass is 9.93. The number of rotatable bonds is 5. The standard InChI is InChI=1S/C25H25N5O2S/c1-26-24(31)23-20(19-8-2-3-9-21(19)33-23)15-18-7-4-5-13-29(18)25(32)17-10-11-22(27-16-17)30-14-6-12-28-30/h2-3,6,8-12,14,16,18H,4-5,7,13,15H2,1H3,(H,26,31)/t18-/m1/s1. The second-order valence-electron chi connectivity index (χ2n) is 8.19. The van der Waals surface area contributed by atoms with Crippen LogP contribution in [0.1, 0.15) is 44.9 Å². The lowest BCUT2D eigenvalue weighted by molar-refractivity contribution is 0.0613. The molecule has 4 heterocycles. The van der Waals surface area contributed by atoms with Crippen LogP contribution in [0.15, 0.2) is 61.1 Å². The molecule has 1 aliphatic heterocycles. The Morgan fingerprint density at radius 1 is 1.15 bits per heavy atom. The molecule has 1 N–H and O–H groups in total. The average molecular weight is 460 g/mol. The van der Waals surface area contributed by atoms with Gasteiger partial charge in [0.1, 0.15) is 0 Å². The molecule has 2 amide bonds. The van der Waals surface area contributed by atoms with E-state index >= 15 is 0 Å². The molecule has 0 radical (unpaired) electrons. The molecule has 33 heavy (non-hydrogen) atoms. The van der Waals surface area contributed by atoms with Crippen LogP contribution in [0.5, 0.6) is 0 Å². The summed E-state index contributed by atoms with van der Waals surface area (Å²) in [6, 6.07) is 13.6. The summed E-state index contributed by atoms with van der Waals surface area (Å²) in [6.07, 6.45) is 8.77. The zero-order chi connectivity index (χ0) is 22.8. The number of nitrogens with zero attached hydrogens (tertiary/aromatic N) is 4. The average Bonchev–Trinajstić information content (AvgIpc) is 3.53. The molecule has 1 atom stereocenters. The molecule has 0 unspecified atom stereocenters. The molecule has 1 fully saturated rings. The summed E-state index contributed by atoms with van der Waals surface area (Å²) < 4.78 is 2.76. The third kappa shape index (κ3) is 4.14. The van der Waals surface area contributed by atoms with E-state index in [1.54, 1.807) is 24.1 Å². The summed E-state index contributed by atoms with van der Waals surface area (Å²) in [5.41, 5.74) is 1.60. The second-order valence-corrected chi connectivity index (χ2v) is 9.25. The number of fused-ring (bicyclic) bond motifs is 1. The summed E-state index contributed by atoms with van der Waals surface area (Å²) in [7, 11) is 1.66. The Labute approximate surface area is 196 Å². The summed E-state index contributed by atoms with van der Waals surface area (Å²) in [5.74, 6) is 0.588. The number of carbonyl (C=O) groups excluding carboxylic acids is 2. The fraction of sp³-hybridized carbons (Fsp3) is 0.280. The van der Waals surface area contributed by atoms with Crippen LogP contribution in [-0.2, 0) is 6.42 Å². The number of aromatic nitrogens is 3. The van der Waals surface area contributed by atoms with Crippen LogP contribution >= 0.6 is 11.3 Å². The molecule has 1 aliphatic rings. The fourth-order valence-corrected chi connectivity index (χ4v) is 5.71. The van der Waals surface area contributed by atoms with Gasteiger partial charge in [-0.2, -0.15) is 5.10 Å². The van der Waals surface area contributed by atoms with Crippen LogP contribution in [0.3, 0.4) is 0 Å². The molecule has 1 saturated heterocycles. The molecule has 1 aromatic carbocycles. The Bertz CT molecular complexity index is 1280. The van der Waals surface area contributed by atoms with Gasteiger partial charge in [0.25, 0.3) is 11.8 Å². The summed E-state index contributed by atoms with van der Waals surface area (Å²) in [5, 5.41) is 8.06. The molecular weight excluding hydrogens is 434 g/mol. The number of nitrogens with one attached hydrogen (secondary N) is 1. The highest BCUT2D eigenvalue weighted by Gasteiger charge is 2.30. The number of benzene rings is 1. The summed E-state index contributed by atoms with van der Waals surface area (Å²) in [6.45, 7) is 0.710. The Hall–Kier alpha value is -3.52. The smallest absolute Gasteiger partial charge is 0.261 e. The zero-order valence-corrected chi connectivity index (χ0v) is 19.2. The third-order valence-corrected chi connectivity index (χ3v) is 7.41. The van der Waals surface area contributed by atoms with Crippen LogP contribution < -0.4 is 5.32 Å². The van der Waals surface area contributed by atoms with E-state index in [0.29, 0.717) is 24.3 Å². The van der Waals surface area contributed by atoms with Crippen molar-refractivity contribution in [1.29, 1.82) is 0 Å². The molecule has 168 valence electrons. The summed E-state index contributed by atoms with van der Waals surface area (Å²) >= 11 is 1.52. The first-order valence-corrected chi connectivity index (χ1v) is 12.0. The number of likely N-dealkylation sites (tertiary alicyclic amines) is 1. The van der Waals surface area contributed by atoms with Crippen LogP contribution in [-0.4, -0.2) is 51.1 Å². The monoisotopic (exact) mass is 459 g/mol. The first-order valence-electron chi connectivity index (χ1n) is 11.1. The van der Waals surface area contributed by atoms with Gasteiger partial charge in [0.2, 0.25) is 0 Å². The van der Waals surface area contributed by atoms with Crippen molar-refractivity contribution in [1.82, 2.24) is 25.0 Å². The molecular formula is C25H25N5O2S. The highest BCUT2D eigenvalue weighted by molar-refractivity contribution is 7.21. The Morgan fingerprint density at radius 2 is 2.03 bits per heavy atom. The number of amides is 2. The molecule has 0 aliphatic carbocycles. The Balaban J connectivity index is 1.43. The van der Waals surface area contributed by atoms with Crippen molar-refractivity contribution in [2.75, 3.05) is 13.6 Å². The number of pyridine rings is 1. The maximum Gasteiger partial charge on any atom is 0.261 e. The number of carbonyl (C=O) groups is 2. The van der Waals surface area contributed by atoms with E-state index in [1.165, 1.54) is 11.3 Å².